The minimum atomic E-state index is -0.536. The molecule has 5 nitrogen and oxygen atoms in total. The molecule has 0 fully saturated rings. The first-order valence-electron chi connectivity index (χ1n) is 7.76. The largest absolute Gasteiger partial charge is 0.457 e. The quantitative estimate of drug-likeness (QED) is 0.686. The topological polar surface area (TPSA) is 85.3 Å². The molecule has 0 aliphatic carbocycles. The van der Waals surface area contributed by atoms with Crippen LogP contribution in [-0.2, 0) is 4.79 Å². The van der Waals surface area contributed by atoms with Crippen molar-refractivity contribution in [1.29, 1.82) is 0 Å². The van der Waals surface area contributed by atoms with Crippen molar-refractivity contribution in [1.82, 2.24) is 0 Å². The lowest BCUT2D eigenvalue weighted by molar-refractivity contribution is -0.111. The van der Waals surface area contributed by atoms with Crippen LogP contribution in [0.5, 0.6) is 0 Å². The van der Waals surface area contributed by atoms with Crippen molar-refractivity contribution < 1.29 is 18.4 Å². The van der Waals surface area contributed by atoms with Crippen molar-refractivity contribution in [3.8, 4) is 11.3 Å². The number of hydrogen-bond acceptors (Lipinski definition) is 3. The number of carbonyl (C=O) groups excluding carboxylic acids is 2. The van der Waals surface area contributed by atoms with Gasteiger partial charge >= 0.3 is 0 Å². The Kier molecular flexibility index (Phi) is 4.94. The van der Waals surface area contributed by atoms with Crippen LogP contribution < -0.4 is 11.1 Å². The van der Waals surface area contributed by atoms with E-state index in [2.05, 4.69) is 5.32 Å². The van der Waals surface area contributed by atoms with Gasteiger partial charge in [-0.05, 0) is 54.6 Å². The number of furan rings is 1. The Balaban J connectivity index is 1.65. The molecule has 0 radical (unpaired) electrons. The summed E-state index contributed by atoms with van der Waals surface area (Å²) in [6.45, 7) is 0. The van der Waals surface area contributed by atoms with Crippen molar-refractivity contribution in [3.05, 3.63) is 83.9 Å². The van der Waals surface area contributed by atoms with E-state index in [0.29, 0.717) is 28.3 Å². The molecule has 2 amide bonds. The number of halogens is 1. The Bertz CT molecular complexity index is 975. The van der Waals surface area contributed by atoms with E-state index in [4.69, 9.17) is 10.2 Å². The van der Waals surface area contributed by atoms with Crippen LogP contribution >= 0.6 is 0 Å². The normalized spacial score (nSPS) is 10.8. The molecule has 130 valence electrons. The lowest BCUT2D eigenvalue weighted by Crippen LogP contribution is -2.11. The molecule has 0 unspecified atom stereocenters. The first-order valence-corrected chi connectivity index (χ1v) is 7.76. The molecule has 3 aromatic rings. The fraction of sp³-hybridized carbons (Fsp3) is 0. The summed E-state index contributed by atoms with van der Waals surface area (Å²) in [7, 11) is 0. The van der Waals surface area contributed by atoms with Crippen molar-refractivity contribution in [2.45, 2.75) is 0 Å². The third kappa shape index (κ3) is 4.05. The van der Waals surface area contributed by atoms with Crippen LogP contribution in [0.15, 0.2) is 71.2 Å². The molecule has 0 bridgehead atoms. The SMILES string of the molecule is NC(=O)c1ccc(NC(=O)/C=C/c2ccc(-c3ccccc3F)o2)cc1. The van der Waals surface area contributed by atoms with Crippen LogP contribution in [0.3, 0.4) is 0 Å². The highest BCUT2D eigenvalue weighted by atomic mass is 19.1. The number of primary amides is 1. The van der Waals surface area contributed by atoms with Gasteiger partial charge in [0.15, 0.2) is 0 Å². The van der Waals surface area contributed by atoms with E-state index in [1.165, 1.54) is 30.4 Å². The van der Waals surface area contributed by atoms with Gasteiger partial charge in [0.2, 0.25) is 11.8 Å². The zero-order valence-electron chi connectivity index (χ0n) is 13.6. The van der Waals surface area contributed by atoms with Crippen LogP contribution in [0, 0.1) is 5.82 Å². The number of carbonyl (C=O) groups is 2. The van der Waals surface area contributed by atoms with Crippen molar-refractivity contribution in [2.75, 3.05) is 5.32 Å². The molecule has 0 spiro atoms. The second-order valence-electron chi connectivity index (χ2n) is 5.45. The Morgan fingerprint density at radius 1 is 1.00 bits per heavy atom. The molecule has 0 atom stereocenters. The molecule has 0 saturated carbocycles. The first kappa shape index (κ1) is 17.2. The predicted octanol–water partition coefficient (Wildman–Crippen LogP) is 3.84. The van der Waals surface area contributed by atoms with Crippen LogP contribution in [0.2, 0.25) is 0 Å². The highest BCUT2D eigenvalue weighted by Gasteiger charge is 2.08. The van der Waals surface area contributed by atoms with E-state index in [9.17, 15) is 14.0 Å². The van der Waals surface area contributed by atoms with E-state index < -0.39 is 5.91 Å². The maximum Gasteiger partial charge on any atom is 0.248 e. The summed E-state index contributed by atoms with van der Waals surface area (Å²) in [5.41, 5.74) is 6.39. The summed E-state index contributed by atoms with van der Waals surface area (Å²) in [5.74, 6) is -0.492. The minimum absolute atomic E-state index is 0.353. The molecule has 26 heavy (non-hydrogen) atoms. The van der Waals surface area contributed by atoms with E-state index >= 15 is 0 Å². The summed E-state index contributed by atoms with van der Waals surface area (Å²) < 4.78 is 19.3. The molecule has 3 N–H and O–H groups in total. The smallest absolute Gasteiger partial charge is 0.248 e. The van der Waals surface area contributed by atoms with Gasteiger partial charge in [-0.3, -0.25) is 9.59 Å². The van der Waals surface area contributed by atoms with Crippen LogP contribution in [0.1, 0.15) is 16.1 Å². The van der Waals surface area contributed by atoms with E-state index in [0.717, 1.165) is 0 Å². The van der Waals surface area contributed by atoms with Gasteiger partial charge in [0.05, 0.1) is 5.56 Å². The first-order chi connectivity index (χ1) is 12.5. The molecular formula is C20H15FN2O3. The summed E-state index contributed by atoms with van der Waals surface area (Å²) in [4.78, 5) is 23.0. The van der Waals surface area contributed by atoms with Gasteiger partial charge in [-0.1, -0.05) is 12.1 Å². The van der Waals surface area contributed by atoms with Crippen LogP contribution in [-0.4, -0.2) is 11.8 Å². The number of nitrogens with one attached hydrogen (secondary N) is 1. The van der Waals surface area contributed by atoms with E-state index in [1.807, 2.05) is 0 Å². The molecular weight excluding hydrogens is 335 g/mol. The van der Waals surface area contributed by atoms with Gasteiger partial charge in [-0.15, -0.1) is 0 Å². The molecule has 0 aliphatic rings. The second-order valence-corrected chi connectivity index (χ2v) is 5.45. The zero-order valence-corrected chi connectivity index (χ0v) is 13.6. The number of anilines is 1. The molecule has 6 heteroatoms. The highest BCUT2D eigenvalue weighted by Crippen LogP contribution is 2.25. The number of hydrogen-bond donors (Lipinski definition) is 2. The molecule has 3 rings (SSSR count). The maximum absolute atomic E-state index is 13.7. The summed E-state index contributed by atoms with van der Waals surface area (Å²) in [5, 5.41) is 2.65. The van der Waals surface area contributed by atoms with Gasteiger partial charge in [-0.2, -0.15) is 0 Å². The Hall–Kier alpha value is -3.67. The average molecular weight is 350 g/mol. The number of amides is 2. The lowest BCUT2D eigenvalue weighted by atomic mass is 10.1. The van der Waals surface area contributed by atoms with Crippen LogP contribution in [0.25, 0.3) is 17.4 Å². The standard InChI is InChI=1S/C20H15FN2O3/c21-17-4-2-1-3-16(17)18-11-9-15(26-18)10-12-19(24)23-14-7-5-13(6-8-14)20(22)25/h1-12H,(H2,22,25)(H,23,24)/b12-10+. The van der Waals surface area contributed by atoms with Crippen LogP contribution in [0.4, 0.5) is 10.1 Å². The monoisotopic (exact) mass is 350 g/mol. The third-order valence-corrected chi connectivity index (χ3v) is 3.60. The summed E-state index contributed by atoms with van der Waals surface area (Å²) >= 11 is 0. The number of nitrogens with two attached hydrogens (primary N) is 1. The van der Waals surface area contributed by atoms with Gasteiger partial charge in [0.25, 0.3) is 0 Å². The summed E-state index contributed by atoms with van der Waals surface area (Å²) in [6, 6.07) is 15.8. The summed E-state index contributed by atoms with van der Waals surface area (Å²) in [6.07, 6.45) is 2.78. The lowest BCUT2D eigenvalue weighted by Gasteiger charge is -2.02. The molecule has 1 aromatic heterocycles. The molecule has 0 saturated heterocycles. The number of benzene rings is 2. The third-order valence-electron chi connectivity index (χ3n) is 3.60. The van der Waals surface area contributed by atoms with Crippen molar-refractivity contribution >= 4 is 23.6 Å². The maximum atomic E-state index is 13.7. The van der Waals surface area contributed by atoms with Gasteiger partial charge in [0.1, 0.15) is 17.3 Å². The van der Waals surface area contributed by atoms with Gasteiger partial charge < -0.3 is 15.5 Å². The Labute approximate surface area is 148 Å². The number of rotatable bonds is 5. The van der Waals surface area contributed by atoms with E-state index in [1.54, 1.807) is 42.5 Å². The fourth-order valence-corrected chi connectivity index (χ4v) is 2.31. The second kappa shape index (κ2) is 7.48. The predicted molar refractivity (Wildman–Crippen MR) is 96.7 cm³/mol. The Morgan fingerprint density at radius 2 is 1.73 bits per heavy atom. The van der Waals surface area contributed by atoms with Gasteiger partial charge in [0, 0.05) is 17.3 Å². The van der Waals surface area contributed by atoms with Crippen molar-refractivity contribution in [3.63, 3.8) is 0 Å². The fourth-order valence-electron chi connectivity index (χ4n) is 2.31. The zero-order chi connectivity index (χ0) is 18.5. The van der Waals surface area contributed by atoms with Gasteiger partial charge in [-0.25, -0.2) is 4.39 Å². The molecule has 1 heterocycles. The molecule has 2 aromatic carbocycles. The minimum Gasteiger partial charge on any atom is -0.457 e. The Morgan fingerprint density at radius 3 is 2.42 bits per heavy atom. The van der Waals surface area contributed by atoms with Crippen molar-refractivity contribution in [2.24, 2.45) is 5.73 Å². The average Bonchev–Trinajstić information content (AvgIpc) is 3.09. The van der Waals surface area contributed by atoms with E-state index in [-0.39, 0.29) is 11.7 Å². The molecule has 0 aliphatic heterocycles. The highest BCUT2D eigenvalue weighted by molar-refractivity contribution is 6.02.